The summed E-state index contributed by atoms with van der Waals surface area (Å²) in [4.78, 5) is 25.9. The first-order valence-electron chi connectivity index (χ1n) is 9.12. The number of hydrogen-bond acceptors (Lipinski definition) is 5. The van der Waals surface area contributed by atoms with Crippen LogP contribution in [-0.2, 0) is 9.53 Å². The zero-order valence-corrected chi connectivity index (χ0v) is 18.7. The van der Waals surface area contributed by atoms with E-state index in [1.165, 1.54) is 11.8 Å². The Kier molecular flexibility index (Phi) is 7.53. The summed E-state index contributed by atoms with van der Waals surface area (Å²) in [6, 6.07) is 11.2. The number of amides is 2. The molecule has 158 valence electrons. The third-order valence-corrected chi connectivity index (χ3v) is 6.12. The van der Waals surface area contributed by atoms with Crippen LogP contribution in [0.1, 0.15) is 18.5 Å². The topological polar surface area (TPSA) is 76.7 Å². The molecule has 9 heteroatoms. The molecule has 0 saturated carbocycles. The average molecular weight is 467 g/mol. The number of halogens is 2. The minimum atomic E-state index is -0.658. The van der Waals surface area contributed by atoms with Crippen LogP contribution in [0.15, 0.2) is 58.6 Å². The monoisotopic (exact) mass is 466 g/mol. The normalized spacial score (nSPS) is 16.0. The number of urea groups is 1. The van der Waals surface area contributed by atoms with Gasteiger partial charge in [-0.15, -0.1) is 11.8 Å². The highest BCUT2D eigenvalue weighted by Crippen LogP contribution is 2.34. The van der Waals surface area contributed by atoms with Crippen LogP contribution in [0.3, 0.4) is 0 Å². The van der Waals surface area contributed by atoms with Gasteiger partial charge in [0.2, 0.25) is 0 Å². The maximum atomic E-state index is 12.8. The molecule has 30 heavy (non-hydrogen) atoms. The Labute approximate surface area is 188 Å². The number of esters is 1. The number of nitrogens with one attached hydrogen (secondary N) is 2. The van der Waals surface area contributed by atoms with Crippen LogP contribution in [0.5, 0.6) is 5.75 Å². The number of ether oxygens (including phenoxy) is 2. The Hall–Kier alpha value is -2.35. The van der Waals surface area contributed by atoms with Crippen molar-refractivity contribution in [2.24, 2.45) is 0 Å². The molecule has 1 atom stereocenters. The van der Waals surface area contributed by atoms with Crippen molar-refractivity contribution in [3.8, 4) is 5.75 Å². The summed E-state index contributed by atoms with van der Waals surface area (Å²) in [5, 5.41) is 6.63. The molecule has 0 spiro atoms. The zero-order valence-electron chi connectivity index (χ0n) is 16.3. The molecule has 1 heterocycles. The summed E-state index contributed by atoms with van der Waals surface area (Å²) >= 11 is 13.7. The molecule has 2 amide bonds. The van der Waals surface area contributed by atoms with E-state index in [1.54, 1.807) is 56.5 Å². The predicted molar refractivity (Wildman–Crippen MR) is 118 cm³/mol. The van der Waals surface area contributed by atoms with Crippen molar-refractivity contribution >= 4 is 47.0 Å². The Morgan fingerprint density at radius 3 is 2.57 bits per heavy atom. The highest BCUT2D eigenvalue weighted by atomic mass is 35.5. The highest BCUT2D eigenvalue weighted by Gasteiger charge is 2.33. The van der Waals surface area contributed by atoms with Gasteiger partial charge in [0.15, 0.2) is 0 Å². The van der Waals surface area contributed by atoms with Crippen LogP contribution in [0.4, 0.5) is 4.79 Å². The van der Waals surface area contributed by atoms with E-state index in [9.17, 15) is 9.59 Å². The van der Waals surface area contributed by atoms with Crippen molar-refractivity contribution in [2.45, 2.75) is 17.9 Å². The fourth-order valence-corrected chi connectivity index (χ4v) is 4.43. The van der Waals surface area contributed by atoms with E-state index in [0.717, 1.165) is 10.5 Å². The van der Waals surface area contributed by atoms with E-state index < -0.39 is 18.0 Å². The van der Waals surface area contributed by atoms with E-state index in [0.29, 0.717) is 32.8 Å². The van der Waals surface area contributed by atoms with E-state index >= 15 is 0 Å². The van der Waals surface area contributed by atoms with Crippen molar-refractivity contribution in [2.75, 3.05) is 19.5 Å². The van der Waals surface area contributed by atoms with Gasteiger partial charge in [0.1, 0.15) is 5.75 Å². The summed E-state index contributed by atoms with van der Waals surface area (Å²) < 4.78 is 10.5. The number of hydrogen-bond donors (Lipinski definition) is 2. The summed E-state index contributed by atoms with van der Waals surface area (Å²) in [6.07, 6.45) is 0. The molecule has 2 aromatic rings. The fourth-order valence-electron chi connectivity index (χ4n) is 2.97. The lowest BCUT2D eigenvalue weighted by molar-refractivity contribution is -0.139. The standard InChI is InChI=1S/C21H20Cl2N2O4S/c1-3-29-20(26)18-16(11-30-17-10-13(22)6-9-15(17)23)24-21(27)25-19(18)12-4-7-14(28-2)8-5-12/h4-10,19H,3,11H2,1-2H3,(H2,24,25,27). The number of methoxy groups -OCH3 is 1. The van der Waals surface area contributed by atoms with Gasteiger partial charge in [-0.3, -0.25) is 0 Å². The van der Waals surface area contributed by atoms with Crippen molar-refractivity contribution in [1.82, 2.24) is 10.6 Å². The van der Waals surface area contributed by atoms with Crippen molar-refractivity contribution < 1.29 is 19.1 Å². The second kappa shape index (κ2) is 10.1. The number of carbonyl (C=O) groups excluding carboxylic acids is 2. The first kappa shape index (κ1) is 22.3. The van der Waals surface area contributed by atoms with Gasteiger partial charge in [-0.25, -0.2) is 9.59 Å². The van der Waals surface area contributed by atoms with E-state index in [1.807, 2.05) is 0 Å². The van der Waals surface area contributed by atoms with E-state index in [4.69, 9.17) is 32.7 Å². The minimum Gasteiger partial charge on any atom is -0.497 e. The molecule has 1 aliphatic rings. The molecular weight excluding hydrogens is 447 g/mol. The van der Waals surface area contributed by atoms with Crippen LogP contribution in [-0.4, -0.2) is 31.5 Å². The molecule has 6 nitrogen and oxygen atoms in total. The molecular formula is C21H20Cl2N2O4S. The molecule has 1 aliphatic heterocycles. The van der Waals surface area contributed by atoms with Crippen LogP contribution in [0.2, 0.25) is 10.0 Å². The lowest BCUT2D eigenvalue weighted by Crippen LogP contribution is -2.46. The predicted octanol–water partition coefficient (Wildman–Crippen LogP) is 4.97. The Balaban J connectivity index is 1.97. The number of rotatable bonds is 7. The van der Waals surface area contributed by atoms with Gasteiger partial charge in [0.25, 0.3) is 0 Å². The smallest absolute Gasteiger partial charge is 0.338 e. The second-order valence-electron chi connectivity index (χ2n) is 6.28. The average Bonchev–Trinajstić information content (AvgIpc) is 2.74. The molecule has 2 aromatic carbocycles. The molecule has 0 aromatic heterocycles. The van der Waals surface area contributed by atoms with Gasteiger partial charge in [-0.05, 0) is 42.8 Å². The van der Waals surface area contributed by atoms with Crippen molar-refractivity contribution in [1.29, 1.82) is 0 Å². The first-order chi connectivity index (χ1) is 14.4. The van der Waals surface area contributed by atoms with E-state index in [2.05, 4.69) is 10.6 Å². The zero-order chi connectivity index (χ0) is 21.7. The number of benzene rings is 2. The Morgan fingerprint density at radius 1 is 1.17 bits per heavy atom. The first-order valence-corrected chi connectivity index (χ1v) is 10.9. The highest BCUT2D eigenvalue weighted by molar-refractivity contribution is 7.99. The van der Waals surface area contributed by atoms with Gasteiger partial charge in [-0.1, -0.05) is 35.3 Å². The van der Waals surface area contributed by atoms with Crippen LogP contribution < -0.4 is 15.4 Å². The summed E-state index contributed by atoms with van der Waals surface area (Å²) in [5.74, 6) is 0.472. The fraction of sp³-hybridized carbons (Fsp3) is 0.238. The van der Waals surface area contributed by atoms with Crippen LogP contribution in [0.25, 0.3) is 0 Å². The number of thioether (sulfide) groups is 1. The van der Waals surface area contributed by atoms with Gasteiger partial charge in [0.05, 0.1) is 30.4 Å². The van der Waals surface area contributed by atoms with Crippen molar-refractivity contribution in [3.05, 3.63) is 69.3 Å². The SMILES string of the molecule is CCOC(=O)C1=C(CSc2cc(Cl)ccc2Cl)NC(=O)NC1c1ccc(OC)cc1. The minimum absolute atomic E-state index is 0.214. The quantitative estimate of drug-likeness (QED) is 0.445. The molecule has 1 unspecified atom stereocenters. The maximum Gasteiger partial charge on any atom is 0.338 e. The van der Waals surface area contributed by atoms with Gasteiger partial charge in [0, 0.05) is 21.4 Å². The summed E-state index contributed by atoms with van der Waals surface area (Å²) in [7, 11) is 1.57. The lowest BCUT2D eigenvalue weighted by atomic mass is 9.95. The Morgan fingerprint density at radius 2 is 1.90 bits per heavy atom. The second-order valence-corrected chi connectivity index (χ2v) is 8.14. The van der Waals surface area contributed by atoms with Crippen LogP contribution >= 0.6 is 35.0 Å². The maximum absolute atomic E-state index is 12.8. The molecule has 0 aliphatic carbocycles. The summed E-state index contributed by atoms with van der Waals surface area (Å²) in [5.41, 5.74) is 1.53. The van der Waals surface area contributed by atoms with Gasteiger partial charge >= 0.3 is 12.0 Å². The Bertz CT molecular complexity index is 979. The van der Waals surface area contributed by atoms with E-state index in [-0.39, 0.29) is 6.61 Å². The third-order valence-electron chi connectivity index (χ3n) is 4.36. The third kappa shape index (κ3) is 5.22. The summed E-state index contributed by atoms with van der Waals surface area (Å²) in [6.45, 7) is 1.95. The molecule has 2 N–H and O–H groups in total. The van der Waals surface area contributed by atoms with Crippen molar-refractivity contribution in [3.63, 3.8) is 0 Å². The van der Waals surface area contributed by atoms with Gasteiger partial charge < -0.3 is 20.1 Å². The van der Waals surface area contributed by atoms with Gasteiger partial charge in [-0.2, -0.15) is 0 Å². The molecule has 0 saturated heterocycles. The molecule has 0 fully saturated rings. The van der Waals surface area contributed by atoms with Crippen LogP contribution in [0, 0.1) is 0 Å². The lowest BCUT2D eigenvalue weighted by Gasteiger charge is -2.29. The molecule has 0 radical (unpaired) electrons. The number of carbonyl (C=O) groups is 2. The molecule has 3 rings (SSSR count). The largest absolute Gasteiger partial charge is 0.497 e. The molecule has 0 bridgehead atoms.